The second-order valence-electron chi connectivity index (χ2n) is 6.70. The Morgan fingerprint density at radius 1 is 1.10 bits per heavy atom. The Labute approximate surface area is 181 Å². The summed E-state index contributed by atoms with van der Waals surface area (Å²) in [5.74, 6) is -3.13. The number of pyridine rings is 1. The molecule has 0 atom stereocenters. The summed E-state index contributed by atoms with van der Waals surface area (Å²) in [6, 6.07) is 13.2. The van der Waals surface area contributed by atoms with E-state index in [1.165, 1.54) is 18.5 Å². The minimum Gasteiger partial charge on any atom is -0.488 e. The van der Waals surface area contributed by atoms with Crippen LogP contribution in [0.25, 0.3) is 11.0 Å². The molecule has 0 aliphatic carbocycles. The summed E-state index contributed by atoms with van der Waals surface area (Å²) in [5.41, 5.74) is 0.739. The number of carbonyl (C=O) groups excluding carboxylic acids is 1. The Bertz CT molecular complexity index is 1230. The van der Waals surface area contributed by atoms with Crippen molar-refractivity contribution in [3.63, 3.8) is 0 Å². The molecule has 2 aromatic carbocycles. The Balaban J connectivity index is 1.48. The van der Waals surface area contributed by atoms with E-state index in [0.717, 1.165) is 17.7 Å². The Morgan fingerprint density at radius 3 is 2.71 bits per heavy atom. The van der Waals surface area contributed by atoms with Crippen LogP contribution in [0.2, 0.25) is 5.02 Å². The maximum absolute atomic E-state index is 15.0. The van der Waals surface area contributed by atoms with Gasteiger partial charge in [0.1, 0.15) is 18.1 Å². The van der Waals surface area contributed by atoms with E-state index in [4.69, 9.17) is 21.1 Å². The average Bonchev–Trinajstić information content (AvgIpc) is 3.18. The van der Waals surface area contributed by atoms with Crippen molar-refractivity contribution in [3.8, 4) is 5.75 Å². The Hall–Kier alpha value is -3.29. The predicted octanol–water partition coefficient (Wildman–Crippen LogP) is 5.32. The highest BCUT2D eigenvalue weighted by atomic mass is 35.5. The van der Waals surface area contributed by atoms with Crippen molar-refractivity contribution in [2.24, 2.45) is 0 Å². The lowest BCUT2D eigenvalue weighted by Crippen LogP contribution is -2.12. The highest BCUT2D eigenvalue weighted by molar-refractivity contribution is 6.31. The molecule has 158 valence electrons. The summed E-state index contributed by atoms with van der Waals surface area (Å²) >= 11 is 5.94. The second kappa shape index (κ2) is 9.24. The van der Waals surface area contributed by atoms with Crippen LogP contribution < -0.4 is 4.74 Å². The topological polar surface area (TPSA) is 64.2 Å². The first-order chi connectivity index (χ1) is 15.0. The number of ether oxygens (including phenoxy) is 2. The fraction of sp³-hybridized carbons (Fsp3) is 0.130. The number of carbonyl (C=O) groups is 1. The largest absolute Gasteiger partial charge is 0.488 e. The molecule has 0 saturated carbocycles. The Kier molecular flexibility index (Phi) is 6.25. The van der Waals surface area contributed by atoms with E-state index < -0.39 is 23.0 Å². The summed E-state index contributed by atoms with van der Waals surface area (Å²) in [6.07, 6.45) is 2.75. The van der Waals surface area contributed by atoms with Crippen LogP contribution >= 0.6 is 11.6 Å². The fourth-order valence-corrected chi connectivity index (χ4v) is 3.29. The van der Waals surface area contributed by atoms with Crippen molar-refractivity contribution in [2.45, 2.75) is 6.61 Å². The third-order valence-electron chi connectivity index (χ3n) is 4.62. The summed E-state index contributed by atoms with van der Waals surface area (Å²) in [7, 11) is 0. The van der Waals surface area contributed by atoms with Crippen molar-refractivity contribution < 1.29 is 23.0 Å². The molecule has 0 amide bonds. The molecule has 2 aromatic heterocycles. The van der Waals surface area contributed by atoms with E-state index in [1.807, 2.05) is 30.3 Å². The van der Waals surface area contributed by atoms with Crippen molar-refractivity contribution >= 4 is 28.4 Å². The highest BCUT2D eigenvalue weighted by Gasteiger charge is 2.25. The van der Waals surface area contributed by atoms with Crippen molar-refractivity contribution in [3.05, 3.63) is 94.3 Å². The van der Waals surface area contributed by atoms with Gasteiger partial charge in [0, 0.05) is 23.3 Å². The molecular weight excluding hydrogens is 426 g/mol. The number of hydrogen-bond donors (Lipinski definition) is 1. The molecule has 4 rings (SSSR count). The van der Waals surface area contributed by atoms with E-state index in [1.54, 1.807) is 0 Å². The lowest BCUT2D eigenvalue weighted by molar-refractivity contribution is 0.0873. The molecule has 0 aliphatic heterocycles. The van der Waals surface area contributed by atoms with E-state index in [0.29, 0.717) is 22.7 Å². The summed E-state index contributed by atoms with van der Waals surface area (Å²) in [5, 5.41) is 0.673. The van der Waals surface area contributed by atoms with Crippen LogP contribution in [0.15, 0.2) is 60.9 Å². The quantitative estimate of drug-likeness (QED) is 0.296. The lowest BCUT2D eigenvalue weighted by atomic mass is 10.0. The zero-order chi connectivity index (χ0) is 21.8. The van der Waals surface area contributed by atoms with E-state index >= 15 is 0 Å². The molecule has 0 aliphatic rings. The van der Waals surface area contributed by atoms with Gasteiger partial charge in [0.25, 0.3) is 0 Å². The molecule has 0 radical (unpaired) electrons. The molecule has 0 unspecified atom stereocenters. The highest BCUT2D eigenvalue weighted by Crippen LogP contribution is 2.28. The van der Waals surface area contributed by atoms with E-state index in [2.05, 4.69) is 9.97 Å². The first-order valence-electron chi connectivity index (χ1n) is 9.44. The number of halogens is 3. The zero-order valence-corrected chi connectivity index (χ0v) is 17.0. The molecule has 4 aromatic rings. The maximum Gasteiger partial charge on any atom is 0.201 e. The van der Waals surface area contributed by atoms with Crippen molar-refractivity contribution in [1.29, 1.82) is 0 Å². The van der Waals surface area contributed by atoms with Crippen LogP contribution in [0.3, 0.4) is 0 Å². The van der Waals surface area contributed by atoms with Gasteiger partial charge in [-0.1, -0.05) is 41.9 Å². The number of fused-ring (bicyclic) bond motifs is 1. The van der Waals surface area contributed by atoms with Crippen LogP contribution in [-0.4, -0.2) is 29.0 Å². The van der Waals surface area contributed by atoms with Gasteiger partial charge in [0.15, 0.2) is 11.6 Å². The van der Waals surface area contributed by atoms with Crippen molar-refractivity contribution in [1.82, 2.24) is 9.97 Å². The first-order valence-corrected chi connectivity index (χ1v) is 9.82. The SMILES string of the molecule is O=C(c1c(F)ccc(OCCOCc2ccccc2)c1F)c1c[nH]c2ncc(Cl)cc12. The zero-order valence-electron chi connectivity index (χ0n) is 16.2. The van der Waals surface area contributed by atoms with E-state index in [9.17, 15) is 13.6 Å². The minimum absolute atomic E-state index is 0.0373. The van der Waals surface area contributed by atoms with Crippen molar-refractivity contribution in [2.75, 3.05) is 13.2 Å². The molecule has 2 heterocycles. The summed E-state index contributed by atoms with van der Waals surface area (Å²) in [6.45, 7) is 0.619. The number of nitrogens with one attached hydrogen (secondary N) is 1. The predicted molar refractivity (Wildman–Crippen MR) is 112 cm³/mol. The van der Waals surface area contributed by atoms with Gasteiger partial charge in [-0.2, -0.15) is 0 Å². The first kappa shape index (κ1) is 21.0. The lowest BCUT2D eigenvalue weighted by Gasteiger charge is -2.11. The van der Waals surface area contributed by atoms with Crippen LogP contribution in [0.5, 0.6) is 5.75 Å². The summed E-state index contributed by atoms with van der Waals surface area (Å²) in [4.78, 5) is 19.8. The van der Waals surface area contributed by atoms with Gasteiger partial charge in [0.05, 0.1) is 23.8 Å². The molecule has 1 N–H and O–H groups in total. The third kappa shape index (κ3) is 4.57. The molecular formula is C23H17ClF2N2O3. The van der Waals surface area contributed by atoms with Gasteiger partial charge < -0.3 is 14.5 Å². The number of hydrogen-bond acceptors (Lipinski definition) is 4. The van der Waals surface area contributed by atoms with Gasteiger partial charge in [0.2, 0.25) is 5.78 Å². The van der Waals surface area contributed by atoms with Gasteiger partial charge in [-0.15, -0.1) is 0 Å². The summed E-state index contributed by atoms with van der Waals surface area (Å²) < 4.78 is 40.2. The number of nitrogens with zero attached hydrogens (tertiary/aromatic N) is 1. The number of H-pyrrole nitrogens is 1. The van der Waals surface area contributed by atoms with Crippen LogP contribution in [0.4, 0.5) is 8.78 Å². The van der Waals surface area contributed by atoms with Gasteiger partial charge in [-0.25, -0.2) is 13.8 Å². The monoisotopic (exact) mass is 442 g/mol. The number of rotatable bonds is 8. The molecule has 0 saturated heterocycles. The number of aromatic amines is 1. The molecule has 0 fully saturated rings. The third-order valence-corrected chi connectivity index (χ3v) is 4.83. The molecule has 5 nitrogen and oxygen atoms in total. The van der Waals surface area contributed by atoms with Gasteiger partial charge in [-0.3, -0.25) is 4.79 Å². The second-order valence-corrected chi connectivity index (χ2v) is 7.14. The Morgan fingerprint density at radius 2 is 1.90 bits per heavy atom. The van der Waals surface area contributed by atoms with E-state index in [-0.39, 0.29) is 24.5 Å². The van der Waals surface area contributed by atoms with Gasteiger partial charge in [-0.05, 0) is 23.8 Å². The molecule has 8 heteroatoms. The van der Waals surface area contributed by atoms with Crippen LogP contribution in [0.1, 0.15) is 21.5 Å². The number of benzene rings is 2. The number of aromatic nitrogens is 2. The minimum atomic E-state index is -1.07. The molecule has 0 bridgehead atoms. The molecule has 0 spiro atoms. The van der Waals surface area contributed by atoms with Crippen LogP contribution in [0, 0.1) is 11.6 Å². The maximum atomic E-state index is 15.0. The average molecular weight is 443 g/mol. The number of ketones is 1. The normalized spacial score (nSPS) is 11.1. The standard InChI is InChI=1S/C23H17ClF2N2O3/c24-15-10-16-17(12-28-23(16)27-11-15)22(29)20-18(25)6-7-19(21(20)26)31-9-8-30-13-14-4-2-1-3-5-14/h1-7,10-12H,8-9,13H2,(H,27,28). The van der Waals surface area contributed by atoms with Crippen LogP contribution in [-0.2, 0) is 11.3 Å². The fourth-order valence-electron chi connectivity index (χ4n) is 3.13. The molecule has 31 heavy (non-hydrogen) atoms. The van der Waals surface area contributed by atoms with Gasteiger partial charge >= 0.3 is 0 Å². The smallest absolute Gasteiger partial charge is 0.201 e.